The first kappa shape index (κ1) is 13.4. The highest BCUT2D eigenvalue weighted by molar-refractivity contribution is 6.35. The van der Waals surface area contributed by atoms with Crippen LogP contribution >= 0.6 is 11.6 Å². The summed E-state index contributed by atoms with van der Waals surface area (Å²) in [7, 11) is 1.68. The maximum absolute atomic E-state index is 6.14. The third-order valence-electron chi connectivity index (χ3n) is 2.88. The lowest BCUT2D eigenvalue weighted by molar-refractivity contribution is 0.0681. The Morgan fingerprint density at radius 1 is 1.17 bits per heavy atom. The molecule has 0 aliphatic heterocycles. The van der Waals surface area contributed by atoms with Crippen molar-refractivity contribution in [3.63, 3.8) is 0 Å². The van der Waals surface area contributed by atoms with Gasteiger partial charge in [-0.1, -0.05) is 17.7 Å². The highest BCUT2D eigenvalue weighted by atomic mass is 35.5. The van der Waals surface area contributed by atoms with E-state index in [1.807, 2.05) is 12.1 Å². The molecule has 3 nitrogen and oxygen atoms in total. The number of ether oxygens (including phenoxy) is 2. The maximum atomic E-state index is 6.14. The molecule has 0 radical (unpaired) electrons. The maximum Gasteiger partial charge on any atom is 0.0700 e. The molecule has 0 aliphatic rings. The molecule has 0 N–H and O–H groups in total. The van der Waals surface area contributed by atoms with Gasteiger partial charge >= 0.3 is 0 Å². The standard InChI is InChI=1S/C14H18ClNO2/c1-17-10-11-18-9-3-7-16-8-6-12-13(15)4-2-5-14(12)16/h2,4-6,8H,3,7,9-11H2,1H3. The van der Waals surface area contributed by atoms with E-state index in [0.717, 1.165) is 30.0 Å². The summed E-state index contributed by atoms with van der Waals surface area (Å²) in [6, 6.07) is 8.05. The van der Waals surface area contributed by atoms with Crippen LogP contribution in [-0.4, -0.2) is 31.5 Å². The summed E-state index contributed by atoms with van der Waals surface area (Å²) in [4.78, 5) is 0. The summed E-state index contributed by atoms with van der Waals surface area (Å²) in [6.07, 6.45) is 3.06. The molecular formula is C14H18ClNO2. The Morgan fingerprint density at radius 2 is 2.06 bits per heavy atom. The van der Waals surface area contributed by atoms with E-state index >= 15 is 0 Å². The van der Waals surface area contributed by atoms with Crippen LogP contribution in [0.1, 0.15) is 6.42 Å². The molecule has 2 rings (SSSR count). The van der Waals surface area contributed by atoms with Gasteiger partial charge in [0.2, 0.25) is 0 Å². The lowest BCUT2D eigenvalue weighted by Gasteiger charge is -2.06. The van der Waals surface area contributed by atoms with Crippen LogP contribution in [0.25, 0.3) is 10.9 Å². The molecule has 2 aromatic rings. The van der Waals surface area contributed by atoms with Crippen LogP contribution in [0, 0.1) is 0 Å². The van der Waals surface area contributed by atoms with Crippen LogP contribution in [0.15, 0.2) is 30.5 Å². The number of nitrogens with zero attached hydrogens (tertiary/aromatic N) is 1. The Kier molecular flexibility index (Phi) is 5.05. The van der Waals surface area contributed by atoms with Crippen LogP contribution in [-0.2, 0) is 16.0 Å². The molecule has 4 heteroatoms. The summed E-state index contributed by atoms with van der Waals surface area (Å²) < 4.78 is 12.6. The van der Waals surface area contributed by atoms with Crippen molar-refractivity contribution in [2.75, 3.05) is 26.9 Å². The first-order valence-electron chi connectivity index (χ1n) is 6.13. The Labute approximate surface area is 112 Å². The number of aromatic nitrogens is 1. The monoisotopic (exact) mass is 267 g/mol. The predicted octanol–water partition coefficient (Wildman–Crippen LogP) is 3.35. The van der Waals surface area contributed by atoms with Crippen LogP contribution in [0.3, 0.4) is 0 Å². The van der Waals surface area contributed by atoms with E-state index in [1.165, 1.54) is 5.52 Å². The number of rotatable bonds is 7. The van der Waals surface area contributed by atoms with E-state index in [4.69, 9.17) is 21.1 Å². The summed E-state index contributed by atoms with van der Waals surface area (Å²) in [5, 5.41) is 1.92. The fourth-order valence-electron chi connectivity index (χ4n) is 1.96. The van der Waals surface area contributed by atoms with Gasteiger partial charge in [0, 0.05) is 42.4 Å². The molecule has 18 heavy (non-hydrogen) atoms. The molecule has 1 aromatic heterocycles. The van der Waals surface area contributed by atoms with Crippen molar-refractivity contribution in [2.24, 2.45) is 0 Å². The Hall–Kier alpha value is -1.03. The summed E-state index contributed by atoms with van der Waals surface area (Å²) in [6.45, 7) is 3.01. The summed E-state index contributed by atoms with van der Waals surface area (Å²) >= 11 is 6.14. The zero-order chi connectivity index (χ0) is 12.8. The number of fused-ring (bicyclic) bond motifs is 1. The van der Waals surface area contributed by atoms with E-state index in [0.29, 0.717) is 13.2 Å². The van der Waals surface area contributed by atoms with Crippen LogP contribution in [0.5, 0.6) is 0 Å². The van der Waals surface area contributed by atoms with Crippen molar-refractivity contribution in [3.8, 4) is 0 Å². The zero-order valence-electron chi connectivity index (χ0n) is 10.6. The van der Waals surface area contributed by atoms with Gasteiger partial charge in [0.25, 0.3) is 0 Å². The third kappa shape index (κ3) is 3.25. The average Bonchev–Trinajstić information content (AvgIpc) is 2.79. The SMILES string of the molecule is COCCOCCCn1ccc2c(Cl)cccc21. The van der Waals surface area contributed by atoms with Gasteiger partial charge in [-0.25, -0.2) is 0 Å². The normalized spacial score (nSPS) is 11.2. The van der Waals surface area contributed by atoms with Crippen molar-refractivity contribution in [1.29, 1.82) is 0 Å². The second kappa shape index (κ2) is 6.78. The fourth-order valence-corrected chi connectivity index (χ4v) is 2.19. The van der Waals surface area contributed by atoms with E-state index in [1.54, 1.807) is 7.11 Å². The van der Waals surface area contributed by atoms with Crippen LogP contribution < -0.4 is 0 Å². The molecule has 0 aliphatic carbocycles. The topological polar surface area (TPSA) is 23.4 Å². The lowest BCUT2D eigenvalue weighted by Crippen LogP contribution is -2.05. The molecule has 0 fully saturated rings. The van der Waals surface area contributed by atoms with E-state index in [2.05, 4.69) is 22.9 Å². The van der Waals surface area contributed by atoms with Crippen molar-refractivity contribution in [1.82, 2.24) is 4.57 Å². The highest BCUT2D eigenvalue weighted by Gasteiger charge is 2.03. The van der Waals surface area contributed by atoms with Crippen molar-refractivity contribution >= 4 is 22.5 Å². The first-order chi connectivity index (χ1) is 8.83. The van der Waals surface area contributed by atoms with E-state index < -0.39 is 0 Å². The van der Waals surface area contributed by atoms with Gasteiger partial charge < -0.3 is 14.0 Å². The molecule has 1 aromatic carbocycles. The third-order valence-corrected chi connectivity index (χ3v) is 3.21. The molecule has 0 spiro atoms. The van der Waals surface area contributed by atoms with Gasteiger partial charge in [-0.3, -0.25) is 0 Å². The summed E-state index contributed by atoms with van der Waals surface area (Å²) in [5.74, 6) is 0. The number of halogens is 1. The van der Waals surface area contributed by atoms with E-state index in [-0.39, 0.29) is 0 Å². The number of hydrogen-bond acceptors (Lipinski definition) is 2. The van der Waals surface area contributed by atoms with Gasteiger partial charge in [0.05, 0.1) is 13.2 Å². The quantitative estimate of drug-likeness (QED) is 0.718. The van der Waals surface area contributed by atoms with Crippen molar-refractivity contribution in [2.45, 2.75) is 13.0 Å². The molecule has 0 bridgehead atoms. The summed E-state index contributed by atoms with van der Waals surface area (Å²) in [5.41, 5.74) is 1.18. The second-order valence-corrected chi connectivity index (χ2v) is 4.55. The van der Waals surface area contributed by atoms with E-state index in [9.17, 15) is 0 Å². The molecule has 0 amide bonds. The van der Waals surface area contributed by atoms with Crippen molar-refractivity contribution < 1.29 is 9.47 Å². The average molecular weight is 268 g/mol. The number of aryl methyl sites for hydroxylation is 1. The van der Waals surface area contributed by atoms with Crippen LogP contribution in [0.4, 0.5) is 0 Å². The molecule has 0 atom stereocenters. The minimum Gasteiger partial charge on any atom is -0.382 e. The fraction of sp³-hybridized carbons (Fsp3) is 0.429. The minimum atomic E-state index is 0.655. The number of hydrogen-bond donors (Lipinski definition) is 0. The van der Waals surface area contributed by atoms with Crippen LogP contribution in [0.2, 0.25) is 5.02 Å². The van der Waals surface area contributed by atoms with Crippen molar-refractivity contribution in [3.05, 3.63) is 35.5 Å². The number of benzene rings is 1. The first-order valence-corrected chi connectivity index (χ1v) is 6.51. The number of methoxy groups -OCH3 is 1. The predicted molar refractivity (Wildman–Crippen MR) is 74.3 cm³/mol. The van der Waals surface area contributed by atoms with Gasteiger partial charge in [-0.2, -0.15) is 0 Å². The van der Waals surface area contributed by atoms with Gasteiger partial charge in [0.1, 0.15) is 0 Å². The largest absolute Gasteiger partial charge is 0.382 e. The van der Waals surface area contributed by atoms with Gasteiger partial charge in [-0.05, 0) is 24.6 Å². The minimum absolute atomic E-state index is 0.655. The molecule has 0 saturated heterocycles. The Morgan fingerprint density at radius 3 is 2.89 bits per heavy atom. The lowest BCUT2D eigenvalue weighted by atomic mass is 10.2. The van der Waals surface area contributed by atoms with Gasteiger partial charge in [-0.15, -0.1) is 0 Å². The van der Waals surface area contributed by atoms with Gasteiger partial charge in [0.15, 0.2) is 0 Å². The Bertz CT molecular complexity index is 495. The second-order valence-electron chi connectivity index (χ2n) is 4.14. The molecule has 0 unspecified atom stereocenters. The zero-order valence-corrected chi connectivity index (χ0v) is 11.3. The Balaban J connectivity index is 1.86. The molecule has 98 valence electrons. The molecule has 1 heterocycles. The molecular weight excluding hydrogens is 250 g/mol. The highest BCUT2D eigenvalue weighted by Crippen LogP contribution is 2.24. The molecule has 0 saturated carbocycles. The smallest absolute Gasteiger partial charge is 0.0700 e.